The van der Waals surface area contributed by atoms with E-state index in [1.54, 1.807) is 32.7 Å². The molecule has 2 aliphatic carbocycles. The zero-order valence-electron chi connectivity index (χ0n) is 14.7. The molecule has 2 aromatic rings. The van der Waals surface area contributed by atoms with Gasteiger partial charge >= 0.3 is 0 Å². The van der Waals surface area contributed by atoms with E-state index >= 15 is 0 Å². The van der Waals surface area contributed by atoms with Crippen molar-refractivity contribution in [2.24, 2.45) is 5.92 Å². The fraction of sp³-hybridized carbons (Fsp3) is 0.238. The maximum atomic E-state index is 12.7. The lowest BCUT2D eigenvalue weighted by Crippen LogP contribution is -2.24. The van der Waals surface area contributed by atoms with E-state index in [1.807, 2.05) is 42.5 Å². The normalized spacial score (nSPS) is 23.4. The lowest BCUT2D eigenvalue weighted by atomic mass is 10.0. The van der Waals surface area contributed by atoms with Gasteiger partial charge in [-0.3, -0.25) is 9.78 Å². The van der Waals surface area contributed by atoms with Gasteiger partial charge in [0.05, 0.1) is 7.11 Å². The monoisotopic (exact) mass is 348 g/mol. The lowest BCUT2D eigenvalue weighted by Gasteiger charge is -2.21. The molecule has 1 aromatic heterocycles. The van der Waals surface area contributed by atoms with Crippen LogP contribution in [0, 0.1) is 5.92 Å². The second-order valence-corrected chi connectivity index (χ2v) is 6.52. The molecule has 0 radical (unpaired) electrons. The average molecular weight is 348 g/mol. The van der Waals surface area contributed by atoms with E-state index < -0.39 is 0 Å². The highest BCUT2D eigenvalue weighted by Crippen LogP contribution is 2.55. The van der Waals surface area contributed by atoms with E-state index in [9.17, 15) is 4.79 Å². The number of benzene rings is 1. The molecule has 5 nitrogen and oxygen atoms in total. The molecule has 1 saturated carbocycles. The number of methoxy groups -OCH3 is 2. The van der Waals surface area contributed by atoms with Crippen molar-refractivity contribution < 1.29 is 14.3 Å². The van der Waals surface area contributed by atoms with E-state index in [-0.39, 0.29) is 17.4 Å². The highest BCUT2D eigenvalue weighted by Gasteiger charge is 2.59. The first-order valence-electron chi connectivity index (χ1n) is 8.51. The number of nitrogens with zero attached hydrogens (tertiary/aromatic N) is 1. The number of hydrogen-bond donors (Lipinski definition) is 1. The Hall–Kier alpha value is -2.92. The number of ether oxygens (including phenoxy) is 2. The fourth-order valence-corrected chi connectivity index (χ4v) is 3.49. The van der Waals surface area contributed by atoms with E-state index in [2.05, 4.69) is 10.3 Å². The molecule has 4 rings (SSSR count). The number of hydrogen-bond acceptors (Lipinski definition) is 4. The molecule has 0 bridgehead atoms. The summed E-state index contributed by atoms with van der Waals surface area (Å²) in [5.74, 6) is 0.746. The van der Waals surface area contributed by atoms with E-state index in [4.69, 9.17) is 9.47 Å². The Kier molecular flexibility index (Phi) is 4.09. The smallest absolute Gasteiger partial charge is 0.255 e. The van der Waals surface area contributed by atoms with Crippen LogP contribution in [0.3, 0.4) is 0 Å². The second-order valence-electron chi connectivity index (χ2n) is 6.52. The Morgan fingerprint density at radius 3 is 2.81 bits per heavy atom. The molecule has 1 heterocycles. The van der Waals surface area contributed by atoms with Crippen molar-refractivity contribution in [3.8, 4) is 11.1 Å². The van der Waals surface area contributed by atoms with Crippen molar-refractivity contribution in [3.05, 3.63) is 72.3 Å². The van der Waals surface area contributed by atoms with Gasteiger partial charge in [-0.1, -0.05) is 24.3 Å². The molecule has 5 heteroatoms. The minimum absolute atomic E-state index is 0.153. The van der Waals surface area contributed by atoms with Crippen LogP contribution in [0.2, 0.25) is 0 Å². The van der Waals surface area contributed by atoms with Crippen LogP contribution in [-0.4, -0.2) is 30.7 Å². The minimum Gasteiger partial charge on any atom is -0.498 e. The Balaban J connectivity index is 1.54. The zero-order valence-corrected chi connectivity index (χ0v) is 14.7. The minimum atomic E-state index is -0.376. The first kappa shape index (κ1) is 16.5. The molecule has 2 unspecified atom stereocenters. The van der Waals surface area contributed by atoms with Crippen molar-refractivity contribution in [2.45, 2.75) is 12.0 Å². The summed E-state index contributed by atoms with van der Waals surface area (Å²) < 4.78 is 11.0. The van der Waals surface area contributed by atoms with Crippen molar-refractivity contribution in [3.63, 3.8) is 0 Å². The molecule has 132 valence electrons. The number of pyridine rings is 1. The maximum Gasteiger partial charge on any atom is 0.255 e. The molecule has 0 aliphatic heterocycles. The van der Waals surface area contributed by atoms with E-state index in [0.29, 0.717) is 11.3 Å². The summed E-state index contributed by atoms with van der Waals surface area (Å²) in [4.78, 5) is 16.8. The molecule has 2 atom stereocenters. The highest BCUT2D eigenvalue weighted by molar-refractivity contribution is 6.06. The van der Waals surface area contributed by atoms with Gasteiger partial charge in [-0.25, -0.2) is 0 Å². The summed E-state index contributed by atoms with van der Waals surface area (Å²) in [5, 5.41) is 2.97. The van der Waals surface area contributed by atoms with Crippen molar-refractivity contribution >= 4 is 11.6 Å². The molecule has 1 aromatic carbocycles. The predicted molar refractivity (Wildman–Crippen MR) is 99.3 cm³/mol. The predicted octanol–water partition coefficient (Wildman–Crippen LogP) is 3.56. The number of aromatic nitrogens is 1. The van der Waals surface area contributed by atoms with Gasteiger partial charge in [0, 0.05) is 42.2 Å². The lowest BCUT2D eigenvalue weighted by molar-refractivity contribution is -0.112. The van der Waals surface area contributed by atoms with Crippen LogP contribution >= 0.6 is 0 Å². The zero-order chi connectivity index (χ0) is 18.1. The standard InChI is InChI=1S/C21H20N2O3/c1-25-19-11-16(9-17-12-21(17,19)26-2)20(24)23-18-7-3-5-14(10-18)15-6-4-8-22-13-15/h3-11,13,17H,12H2,1-2H3,(H,23,24). The summed E-state index contributed by atoms with van der Waals surface area (Å²) in [6.07, 6.45) is 8.12. The molecular weight excluding hydrogens is 328 g/mol. The maximum absolute atomic E-state index is 12.7. The van der Waals surface area contributed by atoms with Gasteiger partial charge in [0.25, 0.3) is 5.91 Å². The largest absolute Gasteiger partial charge is 0.498 e. The van der Waals surface area contributed by atoms with Gasteiger partial charge < -0.3 is 14.8 Å². The number of carbonyl (C=O) groups is 1. The molecular formula is C21H20N2O3. The number of carbonyl (C=O) groups excluding carboxylic acids is 1. The third-order valence-corrected chi connectivity index (χ3v) is 5.01. The summed E-state index contributed by atoms with van der Waals surface area (Å²) in [6.45, 7) is 0. The topological polar surface area (TPSA) is 60.5 Å². The molecule has 1 amide bonds. The number of rotatable bonds is 5. The molecule has 26 heavy (non-hydrogen) atoms. The van der Waals surface area contributed by atoms with Crippen molar-refractivity contribution in [1.29, 1.82) is 0 Å². The molecule has 0 saturated heterocycles. The summed E-state index contributed by atoms with van der Waals surface area (Å²) >= 11 is 0. The van der Waals surface area contributed by atoms with Gasteiger partial charge in [0.1, 0.15) is 11.4 Å². The van der Waals surface area contributed by atoms with Crippen LogP contribution < -0.4 is 5.32 Å². The van der Waals surface area contributed by atoms with Gasteiger partial charge in [-0.05, 0) is 36.3 Å². The SMILES string of the molecule is COC1=CC(C(=O)Nc2cccc(-c3cccnc3)c2)=CC2CC12OC. The molecule has 2 aliphatic rings. The third-order valence-electron chi connectivity index (χ3n) is 5.01. The van der Waals surface area contributed by atoms with Crippen LogP contribution in [0.1, 0.15) is 6.42 Å². The van der Waals surface area contributed by atoms with Crippen LogP contribution in [-0.2, 0) is 14.3 Å². The first-order chi connectivity index (χ1) is 12.7. The fourth-order valence-electron chi connectivity index (χ4n) is 3.49. The van der Waals surface area contributed by atoms with Gasteiger partial charge in [0.15, 0.2) is 0 Å². The van der Waals surface area contributed by atoms with E-state index in [0.717, 1.165) is 23.2 Å². The summed E-state index contributed by atoms with van der Waals surface area (Å²) in [5.41, 5.74) is 2.97. The van der Waals surface area contributed by atoms with Crippen molar-refractivity contribution in [1.82, 2.24) is 4.98 Å². The Labute approximate surface area is 152 Å². The molecule has 1 fully saturated rings. The summed E-state index contributed by atoms with van der Waals surface area (Å²) in [6, 6.07) is 11.6. The van der Waals surface area contributed by atoms with Crippen LogP contribution in [0.15, 0.2) is 72.3 Å². The number of amides is 1. The van der Waals surface area contributed by atoms with Gasteiger partial charge in [0.2, 0.25) is 0 Å². The third kappa shape index (κ3) is 2.80. The molecule has 1 N–H and O–H groups in total. The quantitative estimate of drug-likeness (QED) is 0.897. The highest BCUT2D eigenvalue weighted by atomic mass is 16.5. The molecule has 0 spiro atoms. The summed E-state index contributed by atoms with van der Waals surface area (Å²) in [7, 11) is 3.29. The number of anilines is 1. The number of fused-ring (bicyclic) bond motifs is 1. The number of nitrogens with one attached hydrogen (secondary N) is 1. The van der Waals surface area contributed by atoms with Crippen molar-refractivity contribution in [2.75, 3.05) is 19.5 Å². The Morgan fingerprint density at radius 2 is 2.08 bits per heavy atom. The van der Waals surface area contributed by atoms with E-state index in [1.165, 1.54) is 0 Å². The average Bonchev–Trinajstić information content (AvgIpc) is 3.43. The van der Waals surface area contributed by atoms with Crippen LogP contribution in [0.5, 0.6) is 0 Å². The second kappa shape index (κ2) is 6.42. The first-order valence-corrected chi connectivity index (χ1v) is 8.51. The van der Waals surface area contributed by atoms with Crippen LogP contribution in [0.25, 0.3) is 11.1 Å². The Bertz CT molecular complexity index is 904. The van der Waals surface area contributed by atoms with Gasteiger partial charge in [-0.2, -0.15) is 0 Å². The van der Waals surface area contributed by atoms with Gasteiger partial charge in [-0.15, -0.1) is 0 Å². The Morgan fingerprint density at radius 1 is 1.23 bits per heavy atom. The van der Waals surface area contributed by atoms with Crippen LogP contribution in [0.4, 0.5) is 5.69 Å².